The maximum Gasteiger partial charge on any atom is 0.337 e. The second-order valence-corrected chi connectivity index (χ2v) is 3.47. The molecule has 6 heteroatoms. The molecule has 2 aromatic rings. The van der Waals surface area contributed by atoms with Crippen LogP contribution in [0.4, 0.5) is 10.5 Å². The third kappa shape index (κ3) is 2.54. The van der Waals surface area contributed by atoms with E-state index in [1.807, 2.05) is 0 Å². The zero-order valence-corrected chi connectivity index (χ0v) is 9.66. The summed E-state index contributed by atoms with van der Waals surface area (Å²) in [7, 11) is 1.32. The van der Waals surface area contributed by atoms with Gasteiger partial charge in [-0.2, -0.15) is 0 Å². The molecule has 1 aromatic heterocycles. The summed E-state index contributed by atoms with van der Waals surface area (Å²) in [5.74, 6) is -0.414. The van der Waals surface area contributed by atoms with Gasteiger partial charge in [-0.1, -0.05) is 0 Å². The van der Waals surface area contributed by atoms with Crippen molar-refractivity contribution in [2.75, 3.05) is 12.4 Å². The highest BCUT2D eigenvalue weighted by atomic mass is 16.5. The first-order valence-corrected chi connectivity index (χ1v) is 5.18. The van der Waals surface area contributed by atoms with E-state index in [2.05, 4.69) is 15.0 Å². The van der Waals surface area contributed by atoms with E-state index in [-0.39, 0.29) is 6.03 Å². The molecule has 0 aliphatic carbocycles. The molecule has 0 bridgehead atoms. The number of carbonyl (C=O) groups excluding carboxylic acids is 2. The molecule has 0 spiro atoms. The van der Waals surface area contributed by atoms with E-state index < -0.39 is 5.97 Å². The second-order valence-electron chi connectivity index (χ2n) is 3.47. The summed E-state index contributed by atoms with van der Waals surface area (Å²) >= 11 is 0. The lowest BCUT2D eigenvalue weighted by Crippen LogP contribution is -2.17. The van der Waals surface area contributed by atoms with Crippen molar-refractivity contribution in [1.29, 1.82) is 0 Å². The molecule has 0 unspecified atom stereocenters. The quantitative estimate of drug-likeness (QED) is 0.818. The summed E-state index contributed by atoms with van der Waals surface area (Å²) < 4.78 is 5.89. The lowest BCUT2D eigenvalue weighted by atomic mass is 10.2. The number of nitrogens with zero attached hydrogens (tertiary/aromatic N) is 2. The van der Waals surface area contributed by atoms with Gasteiger partial charge in [0.2, 0.25) is 0 Å². The average Bonchev–Trinajstić information content (AvgIpc) is 2.92. The van der Waals surface area contributed by atoms with Crippen LogP contribution in [0.5, 0.6) is 0 Å². The van der Waals surface area contributed by atoms with Crippen LogP contribution in [0.15, 0.2) is 43.0 Å². The van der Waals surface area contributed by atoms with E-state index in [1.54, 1.807) is 24.3 Å². The summed E-state index contributed by atoms with van der Waals surface area (Å²) in [6.45, 7) is 0. The number of ether oxygens (including phenoxy) is 1. The van der Waals surface area contributed by atoms with Gasteiger partial charge in [-0.05, 0) is 24.3 Å². The van der Waals surface area contributed by atoms with E-state index in [9.17, 15) is 9.59 Å². The van der Waals surface area contributed by atoms with Crippen LogP contribution in [0.1, 0.15) is 10.4 Å². The number of carbonyl (C=O) groups is 2. The second kappa shape index (κ2) is 5.13. The fraction of sp³-hybridized carbons (Fsp3) is 0.0833. The molecule has 18 heavy (non-hydrogen) atoms. The number of aromatic nitrogens is 2. The molecule has 1 N–H and O–H groups in total. The Bertz CT molecular complexity index is 546. The first-order valence-electron chi connectivity index (χ1n) is 5.18. The number of benzene rings is 1. The number of anilines is 1. The molecular weight excluding hydrogens is 234 g/mol. The topological polar surface area (TPSA) is 73.2 Å². The van der Waals surface area contributed by atoms with E-state index in [1.165, 1.54) is 30.4 Å². The summed E-state index contributed by atoms with van der Waals surface area (Å²) in [5.41, 5.74) is 1.01. The van der Waals surface area contributed by atoms with Crippen LogP contribution in [0, 0.1) is 0 Å². The lowest BCUT2D eigenvalue weighted by Gasteiger charge is -2.05. The zero-order chi connectivity index (χ0) is 13.0. The van der Waals surface area contributed by atoms with Crippen molar-refractivity contribution in [2.24, 2.45) is 0 Å². The van der Waals surface area contributed by atoms with Gasteiger partial charge in [-0.25, -0.2) is 14.6 Å². The van der Waals surface area contributed by atoms with Gasteiger partial charge in [0, 0.05) is 18.1 Å². The van der Waals surface area contributed by atoms with Crippen LogP contribution in [-0.4, -0.2) is 28.7 Å². The Morgan fingerprint density at radius 2 is 2.00 bits per heavy atom. The van der Waals surface area contributed by atoms with Crippen molar-refractivity contribution in [1.82, 2.24) is 9.55 Å². The highest BCUT2D eigenvalue weighted by Crippen LogP contribution is 2.10. The number of nitrogens with one attached hydrogen (secondary N) is 1. The van der Waals surface area contributed by atoms with Crippen LogP contribution < -0.4 is 5.32 Å². The number of rotatable bonds is 2. The van der Waals surface area contributed by atoms with E-state index in [0.29, 0.717) is 11.3 Å². The van der Waals surface area contributed by atoms with Crippen molar-refractivity contribution in [3.63, 3.8) is 0 Å². The first kappa shape index (κ1) is 11.8. The Morgan fingerprint density at radius 3 is 2.56 bits per heavy atom. The maximum absolute atomic E-state index is 11.7. The average molecular weight is 245 g/mol. The van der Waals surface area contributed by atoms with Gasteiger partial charge >= 0.3 is 12.0 Å². The third-order valence-electron chi connectivity index (χ3n) is 2.30. The van der Waals surface area contributed by atoms with Gasteiger partial charge in [-0.3, -0.25) is 4.57 Å². The normalized spacial score (nSPS) is 9.83. The maximum atomic E-state index is 11.7. The van der Waals surface area contributed by atoms with Crippen LogP contribution in [0.2, 0.25) is 0 Å². The summed E-state index contributed by atoms with van der Waals surface area (Å²) in [6, 6.07) is 6.09. The smallest absolute Gasteiger partial charge is 0.337 e. The minimum Gasteiger partial charge on any atom is -0.465 e. The number of amides is 1. The van der Waals surface area contributed by atoms with Crippen molar-refractivity contribution in [3.05, 3.63) is 48.5 Å². The fourth-order valence-electron chi connectivity index (χ4n) is 1.37. The van der Waals surface area contributed by atoms with Crippen LogP contribution in [0.3, 0.4) is 0 Å². The molecule has 0 saturated heterocycles. The van der Waals surface area contributed by atoms with E-state index >= 15 is 0 Å². The minimum absolute atomic E-state index is 0.321. The molecule has 0 aliphatic rings. The Labute approximate surface area is 103 Å². The zero-order valence-electron chi connectivity index (χ0n) is 9.66. The van der Waals surface area contributed by atoms with Crippen LogP contribution in [0.25, 0.3) is 0 Å². The number of hydrogen-bond donors (Lipinski definition) is 1. The summed E-state index contributed by atoms with van der Waals surface area (Å²) in [4.78, 5) is 26.7. The molecule has 1 heterocycles. The SMILES string of the molecule is COC(=O)c1ccc(NC(=O)n2ccnc2)cc1. The van der Waals surface area contributed by atoms with Gasteiger partial charge in [-0.15, -0.1) is 0 Å². The molecule has 1 aromatic carbocycles. The number of methoxy groups -OCH3 is 1. The Morgan fingerprint density at radius 1 is 1.28 bits per heavy atom. The van der Waals surface area contributed by atoms with Gasteiger partial charge in [0.15, 0.2) is 0 Å². The molecule has 0 fully saturated rings. The molecule has 2 rings (SSSR count). The van der Waals surface area contributed by atoms with Crippen LogP contribution >= 0.6 is 0 Å². The highest BCUT2D eigenvalue weighted by molar-refractivity contribution is 5.93. The molecule has 92 valence electrons. The molecular formula is C12H11N3O3. The van der Waals surface area contributed by atoms with Gasteiger partial charge < -0.3 is 10.1 Å². The minimum atomic E-state index is -0.414. The van der Waals surface area contributed by atoms with E-state index in [0.717, 1.165) is 0 Å². The standard InChI is InChI=1S/C12H11N3O3/c1-18-11(16)9-2-4-10(5-3-9)14-12(17)15-7-6-13-8-15/h2-8H,1H3,(H,14,17). The van der Waals surface area contributed by atoms with Crippen molar-refractivity contribution in [3.8, 4) is 0 Å². The van der Waals surface area contributed by atoms with Crippen molar-refractivity contribution >= 4 is 17.7 Å². The molecule has 0 atom stereocenters. The first-order chi connectivity index (χ1) is 8.70. The van der Waals surface area contributed by atoms with Gasteiger partial charge in [0.1, 0.15) is 6.33 Å². The predicted octanol–water partition coefficient (Wildman–Crippen LogP) is 1.75. The van der Waals surface area contributed by atoms with Gasteiger partial charge in [0.25, 0.3) is 0 Å². The Kier molecular flexibility index (Phi) is 3.38. The number of hydrogen-bond acceptors (Lipinski definition) is 4. The van der Waals surface area contributed by atoms with Crippen LogP contribution in [-0.2, 0) is 4.74 Å². The molecule has 0 aliphatic heterocycles. The lowest BCUT2D eigenvalue weighted by molar-refractivity contribution is 0.0601. The third-order valence-corrected chi connectivity index (χ3v) is 2.30. The highest BCUT2D eigenvalue weighted by Gasteiger charge is 2.06. The molecule has 1 amide bonds. The Balaban J connectivity index is 2.07. The van der Waals surface area contributed by atoms with E-state index in [4.69, 9.17) is 0 Å². The monoisotopic (exact) mass is 245 g/mol. The molecule has 0 saturated carbocycles. The predicted molar refractivity (Wildman–Crippen MR) is 64.4 cm³/mol. The number of imidazole rings is 1. The number of esters is 1. The largest absolute Gasteiger partial charge is 0.465 e. The van der Waals surface area contributed by atoms with Crippen molar-refractivity contribution < 1.29 is 14.3 Å². The van der Waals surface area contributed by atoms with Crippen molar-refractivity contribution in [2.45, 2.75) is 0 Å². The fourth-order valence-corrected chi connectivity index (χ4v) is 1.37. The molecule has 6 nitrogen and oxygen atoms in total. The van der Waals surface area contributed by atoms with Gasteiger partial charge in [0.05, 0.1) is 12.7 Å². The Hall–Kier alpha value is -2.63. The molecule has 0 radical (unpaired) electrons. The summed E-state index contributed by atoms with van der Waals surface area (Å²) in [6.07, 6.45) is 4.45. The summed E-state index contributed by atoms with van der Waals surface area (Å²) in [5, 5.41) is 2.66.